The van der Waals surface area contributed by atoms with E-state index in [0.717, 1.165) is 10.8 Å². The van der Waals surface area contributed by atoms with Gasteiger partial charge in [0.2, 0.25) is 13.6 Å². The first-order chi connectivity index (χ1) is 15.0. The fourth-order valence-corrected chi connectivity index (χ4v) is 3.19. The molecule has 0 radical (unpaired) electrons. The number of aromatic nitrogens is 2. The Hall–Kier alpha value is -2.20. The molecule has 13 heteroatoms. The highest BCUT2D eigenvalue weighted by molar-refractivity contribution is 7.54. The molecule has 0 aliphatic carbocycles. The molecule has 1 aromatic rings. The summed E-state index contributed by atoms with van der Waals surface area (Å²) in [7, 11) is -3.90. The lowest BCUT2D eigenvalue weighted by Gasteiger charge is -2.21. The normalized spacial score (nSPS) is 12.7. The van der Waals surface area contributed by atoms with Crippen molar-refractivity contribution in [2.75, 3.05) is 19.7 Å². The van der Waals surface area contributed by atoms with Gasteiger partial charge in [-0.05, 0) is 41.5 Å². The molecule has 0 aliphatic rings. The predicted octanol–water partition coefficient (Wildman–Crippen LogP) is 3.07. The van der Waals surface area contributed by atoms with E-state index < -0.39 is 55.2 Å². The largest absolute Gasteiger partial charge is 0.438 e. The Morgan fingerprint density at radius 2 is 1.48 bits per heavy atom. The van der Waals surface area contributed by atoms with Crippen LogP contribution in [0.4, 0.5) is 0 Å². The SMILES string of the molecule is CC(C)(C)C(=O)OCOP(=O)(C/C=C\Cn1cc(Cl)c(=O)[nH]c1=O)OCOC(=O)C(C)(C)C. The fourth-order valence-electron chi connectivity index (χ4n) is 1.91. The Labute approximate surface area is 196 Å². The summed E-state index contributed by atoms with van der Waals surface area (Å²) in [6, 6.07) is 0. The smallest absolute Gasteiger partial charge is 0.340 e. The van der Waals surface area contributed by atoms with E-state index in [1.807, 2.05) is 0 Å². The zero-order valence-electron chi connectivity index (χ0n) is 19.5. The van der Waals surface area contributed by atoms with Crippen molar-refractivity contribution >= 4 is 31.1 Å². The van der Waals surface area contributed by atoms with Crippen molar-refractivity contribution in [3.05, 3.63) is 44.2 Å². The summed E-state index contributed by atoms with van der Waals surface area (Å²) < 4.78 is 34.5. The van der Waals surface area contributed by atoms with E-state index in [1.54, 1.807) is 41.5 Å². The number of aromatic amines is 1. The summed E-state index contributed by atoms with van der Waals surface area (Å²) in [6.45, 7) is 8.60. The van der Waals surface area contributed by atoms with Gasteiger partial charge >= 0.3 is 25.2 Å². The molecule has 0 fully saturated rings. The van der Waals surface area contributed by atoms with Gasteiger partial charge in [0.25, 0.3) is 5.56 Å². The lowest BCUT2D eigenvalue weighted by Crippen LogP contribution is -2.29. The second-order valence-electron chi connectivity index (χ2n) is 9.01. The van der Waals surface area contributed by atoms with Crippen LogP contribution >= 0.6 is 19.2 Å². The zero-order chi connectivity index (χ0) is 25.4. The summed E-state index contributed by atoms with van der Waals surface area (Å²) in [5, 5.41) is -0.165. The third kappa shape index (κ3) is 10.1. The van der Waals surface area contributed by atoms with Gasteiger partial charge in [-0.15, -0.1) is 0 Å². The van der Waals surface area contributed by atoms with Crippen molar-refractivity contribution in [3.8, 4) is 0 Å². The first-order valence-corrected chi connectivity index (χ1v) is 12.0. The number of hydrogen-bond donors (Lipinski definition) is 1. The van der Waals surface area contributed by atoms with E-state index in [0.29, 0.717) is 0 Å². The van der Waals surface area contributed by atoms with Crippen LogP contribution < -0.4 is 11.2 Å². The van der Waals surface area contributed by atoms with Gasteiger partial charge in [0, 0.05) is 12.7 Å². The monoisotopic (exact) mass is 508 g/mol. The molecule has 0 amide bonds. The predicted molar refractivity (Wildman–Crippen MR) is 121 cm³/mol. The Morgan fingerprint density at radius 1 is 1.00 bits per heavy atom. The number of carbonyl (C=O) groups excluding carboxylic acids is 2. The molecule has 0 saturated carbocycles. The topological polar surface area (TPSA) is 143 Å². The molecule has 0 atom stereocenters. The van der Waals surface area contributed by atoms with Crippen LogP contribution in [0.3, 0.4) is 0 Å². The molecule has 33 heavy (non-hydrogen) atoms. The number of nitrogens with one attached hydrogen (secondary N) is 1. The molecule has 1 heterocycles. The van der Waals surface area contributed by atoms with Gasteiger partial charge in [0.05, 0.1) is 17.0 Å². The molecule has 0 bridgehead atoms. The minimum atomic E-state index is -3.90. The fraction of sp³-hybridized carbons (Fsp3) is 0.600. The average molecular weight is 509 g/mol. The maximum atomic E-state index is 13.0. The summed E-state index contributed by atoms with van der Waals surface area (Å²) >= 11 is 5.71. The maximum absolute atomic E-state index is 13.0. The van der Waals surface area contributed by atoms with Crippen LogP contribution in [-0.2, 0) is 39.2 Å². The van der Waals surface area contributed by atoms with Crippen LogP contribution in [0.25, 0.3) is 0 Å². The highest BCUT2D eigenvalue weighted by Gasteiger charge is 2.29. The third-order valence-electron chi connectivity index (χ3n) is 3.87. The van der Waals surface area contributed by atoms with Crippen molar-refractivity contribution in [2.45, 2.75) is 48.1 Å². The molecule has 0 aromatic carbocycles. The minimum Gasteiger partial charge on any atom is -0.438 e. The van der Waals surface area contributed by atoms with Crippen LogP contribution in [0.1, 0.15) is 41.5 Å². The molecule has 0 aliphatic heterocycles. The Kier molecular flexibility index (Phi) is 10.3. The van der Waals surface area contributed by atoms with Crippen molar-refractivity contribution in [2.24, 2.45) is 10.8 Å². The molecular formula is C20H30ClN2O9P. The van der Waals surface area contributed by atoms with E-state index in [1.165, 1.54) is 12.2 Å². The number of hydrogen-bond acceptors (Lipinski definition) is 9. The Bertz CT molecular complexity index is 996. The third-order valence-corrected chi connectivity index (χ3v) is 5.79. The summed E-state index contributed by atoms with van der Waals surface area (Å²) in [5.41, 5.74) is -2.96. The molecule has 0 unspecified atom stereocenters. The Morgan fingerprint density at radius 3 is 1.94 bits per heavy atom. The molecule has 1 aromatic heterocycles. The van der Waals surface area contributed by atoms with Gasteiger partial charge in [-0.25, -0.2) is 4.79 Å². The highest BCUT2D eigenvalue weighted by Crippen LogP contribution is 2.48. The molecule has 0 spiro atoms. The zero-order valence-corrected chi connectivity index (χ0v) is 21.2. The molecule has 186 valence electrons. The van der Waals surface area contributed by atoms with E-state index in [-0.39, 0.29) is 17.7 Å². The number of esters is 2. The number of halogens is 1. The summed E-state index contributed by atoms with van der Waals surface area (Å²) in [4.78, 5) is 48.9. The Balaban J connectivity index is 2.82. The van der Waals surface area contributed by atoms with Crippen LogP contribution in [0.15, 0.2) is 27.9 Å². The van der Waals surface area contributed by atoms with Crippen LogP contribution in [0, 0.1) is 10.8 Å². The molecule has 11 nitrogen and oxygen atoms in total. The maximum Gasteiger partial charge on any atom is 0.340 e. The van der Waals surface area contributed by atoms with E-state index >= 15 is 0 Å². The quantitative estimate of drug-likeness (QED) is 0.218. The molecule has 1 N–H and O–H groups in total. The van der Waals surface area contributed by atoms with Crippen LogP contribution in [-0.4, -0.2) is 41.2 Å². The number of allylic oxidation sites excluding steroid dienone is 2. The van der Waals surface area contributed by atoms with Gasteiger partial charge in [-0.3, -0.25) is 37.5 Å². The lowest BCUT2D eigenvalue weighted by molar-refractivity contribution is -0.161. The molecule has 1 rings (SSSR count). The number of H-pyrrole nitrogens is 1. The van der Waals surface area contributed by atoms with Crippen molar-refractivity contribution < 1.29 is 32.7 Å². The second-order valence-corrected chi connectivity index (χ2v) is 11.5. The number of carbonyl (C=O) groups is 2. The molecule has 0 saturated heterocycles. The van der Waals surface area contributed by atoms with Crippen LogP contribution in [0.5, 0.6) is 0 Å². The minimum absolute atomic E-state index is 0.00730. The van der Waals surface area contributed by atoms with Gasteiger partial charge in [0.15, 0.2) is 0 Å². The number of nitrogens with zero attached hydrogens (tertiary/aromatic N) is 1. The van der Waals surface area contributed by atoms with Crippen LogP contribution in [0.2, 0.25) is 5.02 Å². The molecular weight excluding hydrogens is 479 g/mol. The second kappa shape index (κ2) is 11.8. The first kappa shape index (κ1) is 28.8. The standard InChI is InChI=1S/C20H30ClN2O9P/c1-19(2,3)16(25)29-12-31-33(28,32-13-30-17(26)20(4,5)6)10-8-7-9-23-11-14(21)15(24)22-18(23)27/h7-8,11H,9-10,12-13H2,1-6H3,(H,22,24,27)/b8-7-. The lowest BCUT2D eigenvalue weighted by atomic mass is 9.98. The van der Waals surface area contributed by atoms with Gasteiger partial charge in [-0.1, -0.05) is 23.8 Å². The van der Waals surface area contributed by atoms with Gasteiger partial charge < -0.3 is 9.47 Å². The van der Waals surface area contributed by atoms with Gasteiger partial charge in [0.1, 0.15) is 5.02 Å². The van der Waals surface area contributed by atoms with Gasteiger partial charge in [-0.2, -0.15) is 0 Å². The first-order valence-electron chi connectivity index (χ1n) is 9.92. The van der Waals surface area contributed by atoms with Crippen molar-refractivity contribution in [3.63, 3.8) is 0 Å². The van der Waals surface area contributed by atoms with E-state index in [9.17, 15) is 23.7 Å². The number of ether oxygens (including phenoxy) is 2. The van der Waals surface area contributed by atoms with Crippen molar-refractivity contribution in [1.29, 1.82) is 0 Å². The highest BCUT2D eigenvalue weighted by atomic mass is 35.5. The summed E-state index contributed by atoms with van der Waals surface area (Å²) in [6.07, 6.45) is 3.76. The summed E-state index contributed by atoms with van der Waals surface area (Å²) in [5.74, 6) is -1.14. The van der Waals surface area contributed by atoms with Crippen molar-refractivity contribution in [1.82, 2.24) is 9.55 Å². The number of rotatable bonds is 10. The average Bonchev–Trinajstić information content (AvgIpc) is 2.67. The van der Waals surface area contributed by atoms with E-state index in [4.69, 9.17) is 30.1 Å². The van der Waals surface area contributed by atoms with E-state index in [2.05, 4.69) is 4.98 Å².